The standard InChI is InChI=1S/2C28H43F2NO7.2Na/c2*1-15(4-7-22(34)31(12-23(35)36)13-24(37)38)17-5-6-18-25-19(8-9-26(17,18)2)27(3)14-28(29,30)21(33)11-16(27)10-20(25)32;;/h2*15-21,25,32-33H,4-14H2,1-3H3,(H,35,36)(H,37,38);;/q;;2*+1/p-2/t2*15-,16-,17-,18+,19+,20+,21-,25+,26-,27+;;/m11../s1. The number of fused-ring (bicyclic) bond motifs is 10. The van der Waals surface area contributed by atoms with E-state index in [1.807, 2.05) is 13.8 Å². The van der Waals surface area contributed by atoms with Crippen molar-refractivity contribution in [1.82, 2.24) is 9.80 Å². The third-order valence-corrected chi connectivity index (χ3v) is 22.5. The molecule has 78 heavy (non-hydrogen) atoms. The smallest absolute Gasteiger partial charge is 0.548 e. The first-order valence-corrected chi connectivity index (χ1v) is 28.1. The van der Waals surface area contributed by atoms with Gasteiger partial charge in [0, 0.05) is 25.7 Å². The van der Waals surface area contributed by atoms with E-state index in [-0.39, 0.29) is 179 Å². The number of nitrogens with zero attached hydrogens (tertiary/aromatic N) is 2. The third kappa shape index (κ3) is 13.2. The zero-order valence-corrected chi connectivity index (χ0v) is 51.1. The van der Waals surface area contributed by atoms with Gasteiger partial charge in [0.2, 0.25) is 11.8 Å². The molecule has 0 bridgehead atoms. The largest absolute Gasteiger partial charge is 1.00 e. The fourth-order valence-corrected chi connectivity index (χ4v) is 18.9. The Morgan fingerprint density at radius 2 is 0.833 bits per heavy atom. The number of carboxylic acids is 4. The van der Waals surface area contributed by atoms with Gasteiger partial charge in [-0.2, -0.15) is 0 Å². The summed E-state index contributed by atoms with van der Waals surface area (Å²) in [4.78, 5) is 70.9. The first-order valence-electron chi connectivity index (χ1n) is 28.1. The van der Waals surface area contributed by atoms with Crippen LogP contribution in [-0.2, 0) is 28.8 Å². The molecule has 0 saturated heterocycles. The Morgan fingerprint density at radius 1 is 0.513 bits per heavy atom. The molecule has 0 spiro atoms. The van der Waals surface area contributed by atoms with Crippen molar-refractivity contribution in [3.05, 3.63) is 0 Å². The van der Waals surface area contributed by atoms with E-state index in [4.69, 9.17) is 10.2 Å². The molecule has 432 valence electrons. The second kappa shape index (κ2) is 25.3. The molecule has 2 amide bonds. The number of aliphatic hydroxyl groups is 4. The number of rotatable bonds is 16. The van der Waals surface area contributed by atoms with E-state index in [1.54, 1.807) is 0 Å². The van der Waals surface area contributed by atoms with E-state index in [0.717, 1.165) is 61.2 Å². The van der Waals surface area contributed by atoms with Crippen LogP contribution in [-0.4, -0.2) is 139 Å². The molecule has 16 nitrogen and oxygen atoms in total. The third-order valence-electron chi connectivity index (χ3n) is 22.5. The number of halogens is 4. The van der Waals surface area contributed by atoms with Crippen LogP contribution >= 0.6 is 0 Å². The van der Waals surface area contributed by atoms with Crippen LogP contribution in [0.4, 0.5) is 17.6 Å². The maximum atomic E-state index is 14.7. The summed E-state index contributed by atoms with van der Waals surface area (Å²) in [5, 5.41) is 82.7. The fourth-order valence-electron chi connectivity index (χ4n) is 18.9. The van der Waals surface area contributed by atoms with Gasteiger partial charge in [0.05, 0.1) is 37.2 Å². The summed E-state index contributed by atoms with van der Waals surface area (Å²) in [6, 6.07) is 0. The second-order valence-electron chi connectivity index (χ2n) is 26.5. The normalized spacial score (nSPS) is 41.3. The first kappa shape index (κ1) is 67.2. The van der Waals surface area contributed by atoms with Crippen LogP contribution in [0.1, 0.15) is 157 Å². The predicted molar refractivity (Wildman–Crippen MR) is 261 cm³/mol. The Labute approximate surface area is 500 Å². The van der Waals surface area contributed by atoms with E-state index in [2.05, 4.69) is 27.7 Å². The average Bonchev–Trinajstić information content (AvgIpc) is 3.89. The van der Waals surface area contributed by atoms with Crippen molar-refractivity contribution in [2.45, 2.75) is 193 Å². The van der Waals surface area contributed by atoms with Crippen LogP contribution < -0.4 is 69.3 Å². The SMILES string of the molecule is C[C@H](CCC(=O)N(CC(=O)[O-])CC(=O)O)[C@H]1CC[C@H]2[C@@H]3[C@@H](O)C[C@@H]4C[C@@H](O)C(F)(F)C[C@]4(C)[C@H]3CC[C@]12C.C[C@H](CCC(=O)N(CC(=O)[O-])CC(=O)O)[C@H]1CC[C@H]2[C@@H]3[C@@H](O)C[C@@H]4C[C@@H](O)C(F)(F)C[C@]4(C)[C@H]3CC[C@]12C.[Na+].[Na+]. The molecule has 0 aromatic heterocycles. The van der Waals surface area contributed by atoms with Crippen LogP contribution in [0.15, 0.2) is 0 Å². The van der Waals surface area contributed by atoms with Crippen molar-refractivity contribution in [3.8, 4) is 0 Å². The van der Waals surface area contributed by atoms with Gasteiger partial charge in [0.15, 0.2) is 0 Å². The van der Waals surface area contributed by atoms with Gasteiger partial charge in [0.1, 0.15) is 25.3 Å². The number of alkyl halides is 4. The van der Waals surface area contributed by atoms with Gasteiger partial charge in [-0.25, -0.2) is 17.6 Å². The molecule has 0 aliphatic heterocycles. The summed E-state index contributed by atoms with van der Waals surface area (Å²) in [6.07, 6.45) is 3.52. The maximum absolute atomic E-state index is 14.7. The molecule has 0 aromatic rings. The molecule has 0 aromatic carbocycles. The zero-order valence-electron chi connectivity index (χ0n) is 47.1. The minimum Gasteiger partial charge on any atom is -0.548 e. The van der Waals surface area contributed by atoms with Crippen LogP contribution in [0.25, 0.3) is 0 Å². The molecule has 8 saturated carbocycles. The number of carbonyl (C=O) groups excluding carboxylic acids is 4. The Balaban J connectivity index is 0.000000280. The monoisotopic (exact) mass is 1130 g/mol. The summed E-state index contributed by atoms with van der Waals surface area (Å²) in [5.41, 5.74) is -1.49. The minimum absolute atomic E-state index is 0. The van der Waals surface area contributed by atoms with Crippen molar-refractivity contribution in [2.75, 3.05) is 26.2 Å². The number of amides is 2. The van der Waals surface area contributed by atoms with Crippen LogP contribution in [0.3, 0.4) is 0 Å². The van der Waals surface area contributed by atoms with Crippen LogP contribution in [0.2, 0.25) is 0 Å². The summed E-state index contributed by atoms with van der Waals surface area (Å²) < 4.78 is 58.9. The number of aliphatic carboxylic acids is 4. The van der Waals surface area contributed by atoms with Gasteiger partial charge >= 0.3 is 71.1 Å². The second-order valence-corrected chi connectivity index (χ2v) is 26.5. The molecule has 0 radical (unpaired) electrons. The van der Waals surface area contributed by atoms with Crippen molar-refractivity contribution in [3.63, 3.8) is 0 Å². The topological polar surface area (TPSA) is 276 Å². The van der Waals surface area contributed by atoms with Crippen LogP contribution in [0.5, 0.6) is 0 Å². The number of carbonyl (C=O) groups is 6. The fraction of sp³-hybridized carbons (Fsp3) is 0.893. The van der Waals surface area contributed by atoms with E-state index < -0.39 is 109 Å². The van der Waals surface area contributed by atoms with E-state index in [9.17, 15) is 77.0 Å². The van der Waals surface area contributed by atoms with Gasteiger partial charge in [-0.05, 0) is 183 Å². The first-order chi connectivity index (χ1) is 35.2. The van der Waals surface area contributed by atoms with Gasteiger partial charge in [-0.1, -0.05) is 41.5 Å². The molecule has 8 aliphatic rings. The van der Waals surface area contributed by atoms with Gasteiger partial charge in [-0.15, -0.1) is 0 Å². The molecule has 6 N–H and O–H groups in total. The van der Waals surface area contributed by atoms with Gasteiger partial charge in [0.25, 0.3) is 11.8 Å². The Kier molecular flexibility index (Phi) is 21.8. The number of hydrogen-bond donors (Lipinski definition) is 6. The molecule has 0 heterocycles. The molecule has 0 unspecified atom stereocenters. The molecule has 20 atom stereocenters. The van der Waals surface area contributed by atoms with Crippen molar-refractivity contribution < 1.29 is 146 Å². The predicted octanol–water partition coefficient (Wildman–Crippen LogP) is -1.39. The number of hydrogen-bond acceptors (Lipinski definition) is 12. The minimum atomic E-state index is -3.12. The van der Waals surface area contributed by atoms with Gasteiger partial charge < -0.3 is 60.2 Å². The molecule has 22 heteroatoms. The van der Waals surface area contributed by atoms with Crippen molar-refractivity contribution >= 4 is 35.7 Å². The summed E-state index contributed by atoms with van der Waals surface area (Å²) in [6.45, 7) is 9.57. The Hall–Kier alpha value is -1.62. The maximum Gasteiger partial charge on any atom is 1.00 e. The summed E-state index contributed by atoms with van der Waals surface area (Å²) >= 11 is 0. The van der Waals surface area contributed by atoms with E-state index in [1.165, 1.54) is 0 Å². The van der Waals surface area contributed by atoms with Crippen molar-refractivity contribution in [2.24, 2.45) is 92.7 Å². The quantitative estimate of drug-likeness (QED) is 0.0768. The van der Waals surface area contributed by atoms with E-state index >= 15 is 0 Å². The number of aliphatic hydroxyl groups excluding tert-OH is 4. The Morgan fingerprint density at radius 3 is 1.14 bits per heavy atom. The molecule has 8 rings (SSSR count). The zero-order chi connectivity index (χ0) is 56.4. The molecular weight excluding hydrogens is 1050 g/mol. The van der Waals surface area contributed by atoms with Crippen LogP contribution in [0, 0.1) is 92.7 Å². The average molecular weight is 1130 g/mol. The summed E-state index contributed by atoms with van der Waals surface area (Å²) in [5.74, 6) is -12.3. The van der Waals surface area contributed by atoms with Gasteiger partial charge in [-0.3, -0.25) is 19.2 Å². The molecule has 8 fully saturated rings. The summed E-state index contributed by atoms with van der Waals surface area (Å²) in [7, 11) is 0. The van der Waals surface area contributed by atoms with E-state index in [0.29, 0.717) is 25.7 Å². The molecular formula is C56H84F4N2Na2O14. The number of carboxylic acid groups (broad SMARTS) is 4. The molecule has 8 aliphatic carbocycles. The van der Waals surface area contributed by atoms with Crippen molar-refractivity contribution in [1.29, 1.82) is 0 Å². The Bertz CT molecular complexity index is 2020.